The number of rotatable bonds is 2. The summed E-state index contributed by atoms with van der Waals surface area (Å²) in [7, 11) is 0. The van der Waals surface area contributed by atoms with Crippen molar-refractivity contribution in [3.63, 3.8) is 0 Å². The fraction of sp³-hybridized carbons (Fsp3) is 0.286. The first-order chi connectivity index (χ1) is 8.74. The van der Waals surface area contributed by atoms with E-state index in [-0.39, 0.29) is 5.82 Å². The van der Waals surface area contributed by atoms with Gasteiger partial charge in [0.2, 0.25) is 0 Å². The van der Waals surface area contributed by atoms with Crippen LogP contribution in [0.15, 0.2) is 30.6 Å². The molecule has 0 saturated carbocycles. The molecule has 1 aliphatic heterocycles. The molecule has 2 aromatic rings. The van der Waals surface area contributed by atoms with Crippen LogP contribution in [-0.4, -0.2) is 16.5 Å². The summed E-state index contributed by atoms with van der Waals surface area (Å²) in [4.78, 5) is 10.7. The van der Waals surface area contributed by atoms with Gasteiger partial charge in [-0.25, -0.2) is 14.4 Å². The fourth-order valence-corrected chi connectivity index (χ4v) is 2.42. The standard InChI is InChI=1S/C14H14FN3/c1-10-13-5-6-18(14(13)17-9-16-10)8-11-3-2-4-12(15)7-11/h2-4,7,9H,5-6,8H2,1H3. The van der Waals surface area contributed by atoms with Crippen molar-refractivity contribution in [3.8, 4) is 0 Å². The predicted molar refractivity (Wildman–Crippen MR) is 67.9 cm³/mol. The van der Waals surface area contributed by atoms with Gasteiger partial charge in [0.15, 0.2) is 0 Å². The molecule has 3 nitrogen and oxygen atoms in total. The van der Waals surface area contributed by atoms with Crippen LogP contribution in [0.4, 0.5) is 10.2 Å². The van der Waals surface area contributed by atoms with Crippen LogP contribution in [0.3, 0.4) is 0 Å². The lowest BCUT2D eigenvalue weighted by molar-refractivity contribution is 0.624. The molecule has 0 atom stereocenters. The Balaban J connectivity index is 1.87. The van der Waals surface area contributed by atoms with Gasteiger partial charge in [-0.05, 0) is 31.0 Å². The average molecular weight is 243 g/mol. The van der Waals surface area contributed by atoms with Gasteiger partial charge in [-0.2, -0.15) is 0 Å². The van der Waals surface area contributed by atoms with E-state index >= 15 is 0 Å². The lowest BCUT2D eigenvalue weighted by Gasteiger charge is -2.18. The van der Waals surface area contributed by atoms with Crippen LogP contribution in [-0.2, 0) is 13.0 Å². The third kappa shape index (κ3) is 1.94. The van der Waals surface area contributed by atoms with Gasteiger partial charge < -0.3 is 4.90 Å². The van der Waals surface area contributed by atoms with Crippen molar-refractivity contribution >= 4 is 5.82 Å². The Kier molecular flexibility index (Phi) is 2.70. The summed E-state index contributed by atoms with van der Waals surface area (Å²) in [5, 5.41) is 0. The zero-order chi connectivity index (χ0) is 12.5. The largest absolute Gasteiger partial charge is 0.352 e. The van der Waals surface area contributed by atoms with Gasteiger partial charge in [-0.15, -0.1) is 0 Å². The van der Waals surface area contributed by atoms with Crippen LogP contribution >= 0.6 is 0 Å². The lowest BCUT2D eigenvalue weighted by atomic mass is 10.2. The Morgan fingerprint density at radius 2 is 2.22 bits per heavy atom. The highest BCUT2D eigenvalue weighted by Crippen LogP contribution is 2.28. The van der Waals surface area contributed by atoms with Gasteiger partial charge in [0, 0.05) is 24.3 Å². The van der Waals surface area contributed by atoms with Crippen molar-refractivity contribution < 1.29 is 4.39 Å². The van der Waals surface area contributed by atoms with Crippen molar-refractivity contribution in [1.82, 2.24) is 9.97 Å². The number of aromatic nitrogens is 2. The minimum absolute atomic E-state index is 0.189. The van der Waals surface area contributed by atoms with E-state index in [0.29, 0.717) is 6.54 Å². The highest BCUT2D eigenvalue weighted by molar-refractivity contribution is 5.53. The van der Waals surface area contributed by atoms with Gasteiger partial charge in [0.25, 0.3) is 0 Å². The van der Waals surface area contributed by atoms with E-state index in [1.54, 1.807) is 18.5 Å². The maximum absolute atomic E-state index is 13.2. The summed E-state index contributed by atoms with van der Waals surface area (Å²) in [5.41, 5.74) is 3.23. The Morgan fingerprint density at radius 3 is 3.06 bits per heavy atom. The molecule has 0 fully saturated rings. The topological polar surface area (TPSA) is 29.0 Å². The summed E-state index contributed by atoms with van der Waals surface area (Å²) >= 11 is 0. The molecule has 0 radical (unpaired) electrons. The van der Waals surface area contributed by atoms with E-state index in [1.807, 2.05) is 13.0 Å². The highest BCUT2D eigenvalue weighted by Gasteiger charge is 2.22. The smallest absolute Gasteiger partial charge is 0.135 e. The van der Waals surface area contributed by atoms with Crippen molar-refractivity contribution in [2.75, 3.05) is 11.4 Å². The number of benzene rings is 1. The normalized spacial score (nSPS) is 13.8. The van der Waals surface area contributed by atoms with Crippen LogP contribution in [0.25, 0.3) is 0 Å². The van der Waals surface area contributed by atoms with E-state index in [0.717, 1.165) is 30.0 Å². The van der Waals surface area contributed by atoms with E-state index < -0.39 is 0 Å². The molecular formula is C14H14FN3. The molecule has 0 aliphatic carbocycles. The average Bonchev–Trinajstić information content (AvgIpc) is 2.74. The van der Waals surface area contributed by atoms with Crippen molar-refractivity contribution in [1.29, 1.82) is 0 Å². The molecule has 1 aromatic carbocycles. The molecule has 1 aromatic heterocycles. The molecule has 3 rings (SSSR count). The second kappa shape index (κ2) is 4.37. The zero-order valence-electron chi connectivity index (χ0n) is 10.2. The monoisotopic (exact) mass is 243 g/mol. The number of nitrogens with zero attached hydrogens (tertiary/aromatic N) is 3. The second-order valence-electron chi connectivity index (χ2n) is 4.56. The van der Waals surface area contributed by atoms with Crippen LogP contribution < -0.4 is 4.90 Å². The number of aryl methyl sites for hydroxylation is 1. The van der Waals surface area contributed by atoms with Gasteiger partial charge in [-0.1, -0.05) is 12.1 Å². The maximum Gasteiger partial charge on any atom is 0.135 e. The van der Waals surface area contributed by atoms with Gasteiger partial charge in [-0.3, -0.25) is 0 Å². The first kappa shape index (κ1) is 11.1. The quantitative estimate of drug-likeness (QED) is 0.811. The number of halogens is 1. The summed E-state index contributed by atoms with van der Waals surface area (Å²) in [6.45, 7) is 3.62. The van der Waals surface area contributed by atoms with Crippen LogP contribution in [0, 0.1) is 12.7 Å². The van der Waals surface area contributed by atoms with E-state index in [2.05, 4.69) is 14.9 Å². The number of fused-ring (bicyclic) bond motifs is 1. The Morgan fingerprint density at radius 1 is 1.33 bits per heavy atom. The zero-order valence-corrected chi connectivity index (χ0v) is 10.2. The van der Waals surface area contributed by atoms with Crippen molar-refractivity contribution in [3.05, 3.63) is 53.2 Å². The van der Waals surface area contributed by atoms with Gasteiger partial charge >= 0.3 is 0 Å². The number of hydrogen-bond donors (Lipinski definition) is 0. The first-order valence-corrected chi connectivity index (χ1v) is 6.04. The lowest BCUT2D eigenvalue weighted by Crippen LogP contribution is -2.20. The molecule has 0 amide bonds. The number of anilines is 1. The molecule has 1 aliphatic rings. The molecule has 0 N–H and O–H groups in total. The third-order valence-electron chi connectivity index (χ3n) is 3.33. The summed E-state index contributed by atoms with van der Waals surface area (Å²) in [5.74, 6) is 0.803. The fourth-order valence-electron chi connectivity index (χ4n) is 2.42. The molecule has 4 heteroatoms. The third-order valence-corrected chi connectivity index (χ3v) is 3.33. The Hall–Kier alpha value is -1.97. The van der Waals surface area contributed by atoms with E-state index in [4.69, 9.17) is 0 Å². The first-order valence-electron chi connectivity index (χ1n) is 6.04. The predicted octanol–water partition coefficient (Wildman–Crippen LogP) is 2.49. The maximum atomic E-state index is 13.2. The second-order valence-corrected chi connectivity index (χ2v) is 4.56. The van der Waals surface area contributed by atoms with Gasteiger partial charge in [0.05, 0.1) is 0 Å². The van der Waals surface area contributed by atoms with Crippen molar-refractivity contribution in [2.24, 2.45) is 0 Å². The minimum atomic E-state index is -0.189. The Bertz CT molecular complexity index is 583. The SMILES string of the molecule is Cc1ncnc2c1CCN2Cc1cccc(F)c1. The van der Waals surface area contributed by atoms with Crippen LogP contribution in [0.5, 0.6) is 0 Å². The molecule has 2 heterocycles. The molecular weight excluding hydrogens is 229 g/mol. The van der Waals surface area contributed by atoms with E-state index in [1.165, 1.54) is 11.6 Å². The van der Waals surface area contributed by atoms with Crippen LogP contribution in [0.1, 0.15) is 16.8 Å². The minimum Gasteiger partial charge on any atom is -0.352 e. The summed E-state index contributed by atoms with van der Waals surface area (Å²) < 4.78 is 13.2. The molecule has 18 heavy (non-hydrogen) atoms. The highest BCUT2D eigenvalue weighted by atomic mass is 19.1. The van der Waals surface area contributed by atoms with Crippen LogP contribution in [0.2, 0.25) is 0 Å². The Labute approximate surface area is 105 Å². The molecule has 0 spiro atoms. The molecule has 0 bridgehead atoms. The van der Waals surface area contributed by atoms with Gasteiger partial charge in [0.1, 0.15) is 18.0 Å². The molecule has 92 valence electrons. The summed E-state index contributed by atoms with van der Waals surface area (Å²) in [6, 6.07) is 6.72. The molecule has 0 saturated heterocycles. The number of hydrogen-bond acceptors (Lipinski definition) is 3. The summed E-state index contributed by atoms with van der Waals surface area (Å²) in [6.07, 6.45) is 2.56. The van der Waals surface area contributed by atoms with Crippen molar-refractivity contribution in [2.45, 2.75) is 19.9 Å². The van der Waals surface area contributed by atoms with E-state index in [9.17, 15) is 4.39 Å². The molecule has 0 unspecified atom stereocenters.